The van der Waals surface area contributed by atoms with Crippen LogP contribution >= 0.6 is 0 Å². The fraction of sp³-hybridized carbons (Fsp3) is 0.227. The van der Waals surface area contributed by atoms with E-state index in [0.717, 1.165) is 40.5 Å². The molecule has 0 saturated carbocycles. The molecule has 10 heteroatoms. The molecule has 3 rings (SSSR count). The Kier molecular flexibility index (Phi) is 6.24. The van der Waals surface area contributed by atoms with Gasteiger partial charge < -0.3 is 9.47 Å². The molecule has 1 aromatic heterocycles. The number of hydrogen-bond acceptors (Lipinski definition) is 5. The topological polar surface area (TPSA) is 75.7 Å². The van der Waals surface area contributed by atoms with E-state index < -0.39 is 22.4 Å². The summed E-state index contributed by atoms with van der Waals surface area (Å²) in [6.45, 7) is 3.85. The Bertz CT molecular complexity index is 1170. The summed E-state index contributed by atoms with van der Waals surface area (Å²) in [5.41, 5.74) is 5.21. The fourth-order valence-electron chi connectivity index (χ4n) is 3.34. The summed E-state index contributed by atoms with van der Waals surface area (Å²) in [5, 5.41) is 15.2. The van der Waals surface area contributed by atoms with Gasteiger partial charge in [-0.3, -0.25) is 15.5 Å². The van der Waals surface area contributed by atoms with Crippen molar-refractivity contribution < 1.29 is 18.1 Å². The molecule has 0 fully saturated rings. The Morgan fingerprint density at radius 2 is 1.75 bits per heavy atom. The molecule has 0 aliphatic heterocycles. The van der Waals surface area contributed by atoms with Crippen molar-refractivity contribution in [3.8, 4) is 5.69 Å². The minimum Gasteiger partial charge on any atom is -0.378 e. The van der Waals surface area contributed by atoms with E-state index in [0.29, 0.717) is 6.07 Å². The van der Waals surface area contributed by atoms with Gasteiger partial charge in [-0.05, 0) is 56.3 Å². The Morgan fingerprint density at radius 3 is 2.31 bits per heavy atom. The number of nitrogens with zero attached hydrogens (tertiary/aromatic N) is 4. The maximum Gasteiger partial charge on any atom is 0.416 e. The number of halogens is 3. The van der Waals surface area contributed by atoms with Crippen molar-refractivity contribution in [2.24, 2.45) is 5.10 Å². The first kappa shape index (κ1) is 22.9. The number of hydrogen-bond donors (Lipinski definition) is 1. The van der Waals surface area contributed by atoms with Gasteiger partial charge in [0.15, 0.2) is 0 Å². The van der Waals surface area contributed by atoms with Crippen LogP contribution in [0.2, 0.25) is 0 Å². The smallest absolute Gasteiger partial charge is 0.378 e. The number of alkyl halides is 3. The molecule has 0 bridgehead atoms. The van der Waals surface area contributed by atoms with Gasteiger partial charge in [0.1, 0.15) is 5.69 Å². The molecular weight excluding hydrogens is 423 g/mol. The lowest BCUT2D eigenvalue weighted by Crippen LogP contribution is -2.08. The van der Waals surface area contributed by atoms with Gasteiger partial charge in [0.05, 0.1) is 16.7 Å². The molecule has 0 aliphatic rings. The standard InChI is InChI=1S/C22H22F3N5O2/c1-14-11-16(15(2)29(14)19-8-6-18(7-9-19)28(3)4)13-26-27-20-10-5-17(22(23,24)25)12-21(20)30(31)32/h5-13,27H,1-4H3/b26-13-. The van der Waals surface area contributed by atoms with Crippen LogP contribution in [0.25, 0.3) is 5.69 Å². The van der Waals surface area contributed by atoms with E-state index >= 15 is 0 Å². The number of hydrazone groups is 1. The summed E-state index contributed by atoms with van der Waals surface area (Å²) in [4.78, 5) is 12.3. The first-order valence-corrected chi connectivity index (χ1v) is 9.60. The highest BCUT2D eigenvalue weighted by atomic mass is 19.4. The number of anilines is 2. The maximum absolute atomic E-state index is 12.8. The SMILES string of the molecule is Cc1cc(/C=N\Nc2ccc(C(F)(F)F)cc2[N+](=O)[O-])c(C)n1-c1ccc(N(C)C)cc1. The Morgan fingerprint density at radius 1 is 1.09 bits per heavy atom. The quantitative estimate of drug-likeness (QED) is 0.307. The van der Waals surface area contributed by atoms with Crippen molar-refractivity contribution in [1.82, 2.24) is 4.57 Å². The molecule has 0 unspecified atom stereocenters. The van der Waals surface area contributed by atoms with E-state index in [1.54, 1.807) is 0 Å². The predicted octanol–water partition coefficient (Wildman–Crippen LogP) is 5.53. The lowest BCUT2D eigenvalue weighted by Gasteiger charge is -2.14. The Labute approximate surface area is 182 Å². The van der Waals surface area contributed by atoms with Crippen molar-refractivity contribution in [3.05, 3.63) is 81.2 Å². The van der Waals surface area contributed by atoms with Gasteiger partial charge in [-0.1, -0.05) is 0 Å². The number of rotatable bonds is 6. The summed E-state index contributed by atoms with van der Waals surface area (Å²) in [7, 11) is 3.92. The molecule has 1 N–H and O–H groups in total. The second-order valence-electron chi connectivity index (χ2n) is 7.43. The molecule has 7 nitrogen and oxygen atoms in total. The van der Waals surface area contributed by atoms with E-state index in [2.05, 4.69) is 10.5 Å². The lowest BCUT2D eigenvalue weighted by molar-refractivity contribution is -0.384. The first-order chi connectivity index (χ1) is 15.0. The molecule has 0 radical (unpaired) electrons. The van der Waals surface area contributed by atoms with E-state index in [1.165, 1.54) is 6.21 Å². The van der Waals surface area contributed by atoms with Gasteiger partial charge in [0, 0.05) is 48.5 Å². The summed E-state index contributed by atoms with van der Waals surface area (Å²) in [6, 6.07) is 12.2. The fourth-order valence-corrected chi connectivity index (χ4v) is 3.34. The predicted molar refractivity (Wildman–Crippen MR) is 119 cm³/mol. The highest BCUT2D eigenvalue weighted by molar-refractivity contribution is 5.83. The second-order valence-corrected chi connectivity index (χ2v) is 7.43. The van der Waals surface area contributed by atoms with Crippen molar-refractivity contribution >= 4 is 23.3 Å². The molecule has 3 aromatic rings. The van der Waals surface area contributed by atoms with Gasteiger partial charge in [-0.2, -0.15) is 18.3 Å². The highest BCUT2D eigenvalue weighted by Crippen LogP contribution is 2.35. The van der Waals surface area contributed by atoms with Crippen LogP contribution in [0.4, 0.5) is 30.2 Å². The number of aromatic nitrogens is 1. The number of nitrogens with one attached hydrogen (secondary N) is 1. The number of benzene rings is 2. The van der Waals surface area contributed by atoms with Crippen LogP contribution < -0.4 is 10.3 Å². The van der Waals surface area contributed by atoms with Crippen molar-refractivity contribution in [1.29, 1.82) is 0 Å². The van der Waals surface area contributed by atoms with Crippen LogP contribution in [0.1, 0.15) is 22.5 Å². The van der Waals surface area contributed by atoms with Crippen LogP contribution in [-0.2, 0) is 6.18 Å². The summed E-state index contributed by atoms with van der Waals surface area (Å²) < 4.78 is 40.6. The van der Waals surface area contributed by atoms with Crippen molar-refractivity contribution in [3.63, 3.8) is 0 Å². The largest absolute Gasteiger partial charge is 0.416 e. The zero-order chi connectivity index (χ0) is 23.6. The molecule has 32 heavy (non-hydrogen) atoms. The molecule has 0 atom stereocenters. The maximum atomic E-state index is 12.8. The van der Waals surface area contributed by atoms with Gasteiger partial charge in [-0.25, -0.2) is 0 Å². The van der Waals surface area contributed by atoms with Gasteiger partial charge in [0.2, 0.25) is 0 Å². The molecule has 0 spiro atoms. The van der Waals surface area contributed by atoms with Crippen LogP contribution in [0.5, 0.6) is 0 Å². The number of nitro groups is 1. The van der Waals surface area contributed by atoms with Crippen LogP contribution in [-0.4, -0.2) is 29.8 Å². The molecule has 168 valence electrons. The molecule has 0 saturated heterocycles. The minimum atomic E-state index is -4.67. The molecule has 0 aliphatic carbocycles. The zero-order valence-corrected chi connectivity index (χ0v) is 17.9. The third-order valence-electron chi connectivity index (χ3n) is 5.00. The average Bonchev–Trinajstić information content (AvgIpc) is 3.00. The highest BCUT2D eigenvalue weighted by Gasteiger charge is 2.33. The van der Waals surface area contributed by atoms with E-state index in [-0.39, 0.29) is 5.69 Å². The third-order valence-corrected chi connectivity index (χ3v) is 5.00. The van der Waals surface area contributed by atoms with Crippen LogP contribution in [0, 0.1) is 24.0 Å². The molecule has 0 amide bonds. The van der Waals surface area contributed by atoms with Gasteiger partial charge >= 0.3 is 6.18 Å². The summed E-state index contributed by atoms with van der Waals surface area (Å²) >= 11 is 0. The Hall–Kier alpha value is -3.82. The first-order valence-electron chi connectivity index (χ1n) is 9.60. The third kappa shape index (κ3) is 4.74. The van der Waals surface area contributed by atoms with Crippen molar-refractivity contribution in [2.75, 3.05) is 24.4 Å². The Balaban J connectivity index is 1.85. The monoisotopic (exact) mass is 445 g/mol. The molecule has 2 aromatic carbocycles. The van der Waals surface area contributed by atoms with Crippen molar-refractivity contribution in [2.45, 2.75) is 20.0 Å². The van der Waals surface area contributed by atoms with Gasteiger partial charge in [0.25, 0.3) is 5.69 Å². The van der Waals surface area contributed by atoms with E-state index in [9.17, 15) is 23.3 Å². The van der Waals surface area contributed by atoms with Crippen LogP contribution in [0.3, 0.4) is 0 Å². The number of aryl methyl sites for hydroxylation is 1. The van der Waals surface area contributed by atoms with E-state index in [4.69, 9.17) is 0 Å². The molecular formula is C22H22F3N5O2. The van der Waals surface area contributed by atoms with Crippen LogP contribution in [0.15, 0.2) is 53.6 Å². The lowest BCUT2D eigenvalue weighted by atomic mass is 10.1. The zero-order valence-electron chi connectivity index (χ0n) is 17.9. The summed E-state index contributed by atoms with van der Waals surface area (Å²) in [6.07, 6.45) is -3.19. The summed E-state index contributed by atoms with van der Waals surface area (Å²) in [5.74, 6) is 0. The van der Waals surface area contributed by atoms with Gasteiger partial charge in [-0.15, -0.1) is 0 Å². The average molecular weight is 445 g/mol. The minimum absolute atomic E-state index is 0.132. The molecule has 1 heterocycles. The normalized spacial score (nSPS) is 11.7. The number of nitro benzene ring substituents is 1. The van der Waals surface area contributed by atoms with E-state index in [1.807, 2.05) is 67.7 Å². The second kappa shape index (κ2) is 8.74.